The molecule has 0 unspecified atom stereocenters. The number of benzene rings is 2. The van der Waals surface area contributed by atoms with Crippen molar-refractivity contribution in [1.82, 2.24) is 0 Å². The van der Waals surface area contributed by atoms with Crippen LogP contribution in [0.3, 0.4) is 0 Å². The van der Waals surface area contributed by atoms with Gasteiger partial charge >= 0.3 is 11.9 Å². The first-order valence-corrected chi connectivity index (χ1v) is 18.1. The first-order chi connectivity index (χ1) is 23.3. The van der Waals surface area contributed by atoms with Crippen LogP contribution >= 0.6 is 22.6 Å². The van der Waals surface area contributed by atoms with Crippen molar-refractivity contribution >= 4 is 34.5 Å². The fraction of sp³-hybridized carbons (Fsp3) is 0.568. The molecule has 0 amide bonds. The highest BCUT2D eigenvalue weighted by molar-refractivity contribution is 14.1. The second kappa shape index (κ2) is 28.6. The Labute approximate surface area is 308 Å². The zero-order valence-electron chi connectivity index (χ0n) is 31.9. The van der Waals surface area contributed by atoms with Crippen molar-refractivity contribution in [2.75, 3.05) is 73.5 Å². The van der Waals surface area contributed by atoms with E-state index in [1.165, 1.54) is 13.4 Å². The van der Waals surface area contributed by atoms with Gasteiger partial charge in [-0.2, -0.15) is 0 Å². The summed E-state index contributed by atoms with van der Waals surface area (Å²) in [6.07, 6.45) is 1.24. The van der Waals surface area contributed by atoms with Crippen LogP contribution in [-0.2, 0) is 33.3 Å². The van der Waals surface area contributed by atoms with Gasteiger partial charge in [-0.05, 0) is 79.9 Å². The molecule has 0 atom stereocenters. The van der Waals surface area contributed by atoms with Crippen molar-refractivity contribution in [3.63, 3.8) is 0 Å². The topological polar surface area (TPSA) is 117 Å². The molecule has 0 heterocycles. The SMILES string of the molecule is CCOC(=O)/C(=C\OC)Oc1cc(C)c(OC)cc1C(C)C.CCOC(=O)COc1cc(C)c(OC)cc1C(C)C.CI.COCCOC. The Morgan fingerprint density at radius 1 is 0.694 bits per heavy atom. The second-order valence-electron chi connectivity index (χ2n) is 10.6. The van der Waals surface area contributed by atoms with Crippen LogP contribution < -0.4 is 18.9 Å². The van der Waals surface area contributed by atoms with Gasteiger partial charge in [0.15, 0.2) is 6.61 Å². The second-order valence-corrected chi connectivity index (χ2v) is 10.6. The number of hydrogen-bond donors (Lipinski definition) is 0. The van der Waals surface area contributed by atoms with Gasteiger partial charge in [0.1, 0.15) is 29.3 Å². The summed E-state index contributed by atoms with van der Waals surface area (Å²) in [6, 6.07) is 7.62. The van der Waals surface area contributed by atoms with Gasteiger partial charge < -0.3 is 42.6 Å². The molecule has 0 aliphatic carbocycles. The third-order valence-corrected chi connectivity index (χ3v) is 6.36. The van der Waals surface area contributed by atoms with Gasteiger partial charge in [0, 0.05) is 25.3 Å². The van der Waals surface area contributed by atoms with E-state index < -0.39 is 5.97 Å². The van der Waals surface area contributed by atoms with Crippen LogP contribution in [0.2, 0.25) is 0 Å². The minimum atomic E-state index is -0.562. The number of rotatable bonds is 16. The lowest BCUT2D eigenvalue weighted by molar-refractivity contribution is -0.145. The highest BCUT2D eigenvalue weighted by Gasteiger charge is 2.19. The fourth-order valence-electron chi connectivity index (χ4n) is 3.96. The van der Waals surface area contributed by atoms with Crippen molar-refractivity contribution in [3.05, 3.63) is 58.5 Å². The van der Waals surface area contributed by atoms with E-state index in [2.05, 4.69) is 45.9 Å². The predicted molar refractivity (Wildman–Crippen MR) is 202 cm³/mol. The molecule has 0 aliphatic heterocycles. The number of alkyl halides is 1. The van der Waals surface area contributed by atoms with Crippen LogP contribution in [0.25, 0.3) is 0 Å². The van der Waals surface area contributed by atoms with Crippen molar-refractivity contribution in [1.29, 1.82) is 0 Å². The highest BCUT2D eigenvalue weighted by Crippen LogP contribution is 2.35. The normalized spacial score (nSPS) is 10.3. The maximum absolute atomic E-state index is 11.9. The van der Waals surface area contributed by atoms with Crippen LogP contribution in [0.5, 0.6) is 23.0 Å². The Kier molecular flexibility index (Phi) is 27.9. The molecule has 0 saturated heterocycles. The van der Waals surface area contributed by atoms with Gasteiger partial charge in [-0.15, -0.1) is 0 Å². The molecular weight excluding hydrogens is 747 g/mol. The van der Waals surface area contributed by atoms with E-state index in [1.54, 1.807) is 42.3 Å². The molecule has 0 saturated carbocycles. The van der Waals surface area contributed by atoms with Gasteiger partial charge in [-0.3, -0.25) is 0 Å². The van der Waals surface area contributed by atoms with Crippen LogP contribution in [0.4, 0.5) is 0 Å². The quantitative estimate of drug-likeness (QED) is 0.0411. The first kappa shape index (κ1) is 47.9. The van der Waals surface area contributed by atoms with E-state index in [0.29, 0.717) is 31.3 Å². The van der Waals surface area contributed by atoms with Gasteiger partial charge in [0.2, 0.25) is 5.76 Å². The summed E-state index contributed by atoms with van der Waals surface area (Å²) in [7, 11) is 8.02. The van der Waals surface area contributed by atoms with Crippen LogP contribution in [-0.4, -0.2) is 85.5 Å². The molecule has 0 bridgehead atoms. The molecule has 0 N–H and O–H groups in total. The smallest absolute Gasteiger partial charge is 0.377 e. The summed E-state index contributed by atoms with van der Waals surface area (Å²) in [5.41, 5.74) is 3.86. The maximum atomic E-state index is 11.9. The number of carbonyl (C=O) groups excluding carboxylic acids is 2. The average Bonchev–Trinajstić information content (AvgIpc) is 3.07. The van der Waals surface area contributed by atoms with Gasteiger partial charge in [-0.1, -0.05) is 50.3 Å². The molecule has 12 heteroatoms. The molecule has 2 aromatic carbocycles. The highest BCUT2D eigenvalue weighted by atomic mass is 127. The molecule has 0 aliphatic rings. The molecule has 0 fully saturated rings. The molecule has 0 radical (unpaired) electrons. The number of ether oxygens (including phenoxy) is 9. The largest absolute Gasteiger partial charge is 0.500 e. The number of esters is 2. The molecule has 11 nitrogen and oxygen atoms in total. The maximum Gasteiger partial charge on any atom is 0.377 e. The van der Waals surface area contributed by atoms with E-state index >= 15 is 0 Å². The number of carbonyl (C=O) groups is 2. The molecule has 2 aromatic rings. The number of hydrogen-bond acceptors (Lipinski definition) is 11. The predicted octanol–water partition coefficient (Wildman–Crippen LogP) is 7.96. The molecule has 0 aromatic heterocycles. The lowest BCUT2D eigenvalue weighted by Gasteiger charge is -2.17. The average molecular weight is 807 g/mol. The number of aryl methyl sites for hydroxylation is 2. The summed E-state index contributed by atoms with van der Waals surface area (Å²) >= 11 is 2.15. The van der Waals surface area contributed by atoms with Crippen molar-refractivity contribution in [2.24, 2.45) is 0 Å². The van der Waals surface area contributed by atoms with Crippen LogP contribution in [0, 0.1) is 13.8 Å². The molecule has 2 rings (SSSR count). The summed E-state index contributed by atoms with van der Waals surface area (Å²) in [5, 5.41) is 0. The van der Waals surface area contributed by atoms with Crippen LogP contribution in [0.15, 0.2) is 36.3 Å². The molecule has 280 valence electrons. The number of methoxy groups -OCH3 is 5. The van der Waals surface area contributed by atoms with Crippen molar-refractivity contribution in [3.8, 4) is 23.0 Å². The first-order valence-electron chi connectivity index (χ1n) is 15.9. The summed E-state index contributed by atoms with van der Waals surface area (Å²) in [6.45, 7) is 17.5. The molecule has 0 spiro atoms. The standard InChI is InChI=1S/C17H24O5.C15H22O4.C4H10O2.CH3I/c1-7-21-17(18)16(10-19-5)22-15-8-12(4)14(20-6)9-13(15)11(2)3;1-6-18-15(16)9-19-14-7-11(4)13(17-5)8-12(14)10(2)3;1-5-3-4-6-2;1-2/h8-11H,7H2,1-6H3;7-8,10H,6,9H2,1-5H3;3-4H2,1-2H3;1H3/b16-10+;;;. The van der Waals surface area contributed by atoms with E-state index in [-0.39, 0.29) is 36.8 Å². The van der Waals surface area contributed by atoms with E-state index in [0.717, 1.165) is 33.8 Å². The summed E-state index contributed by atoms with van der Waals surface area (Å²) < 4.78 is 46.0. The van der Waals surface area contributed by atoms with Gasteiger partial charge in [-0.25, -0.2) is 9.59 Å². The Morgan fingerprint density at radius 2 is 1.14 bits per heavy atom. The van der Waals surface area contributed by atoms with E-state index in [1.807, 2.05) is 56.9 Å². The van der Waals surface area contributed by atoms with Crippen molar-refractivity contribution in [2.45, 2.75) is 67.2 Å². The lowest BCUT2D eigenvalue weighted by Crippen LogP contribution is -2.15. The lowest BCUT2D eigenvalue weighted by atomic mass is 10.00. The third kappa shape index (κ3) is 18.9. The Morgan fingerprint density at radius 3 is 1.53 bits per heavy atom. The fourth-order valence-corrected chi connectivity index (χ4v) is 3.96. The van der Waals surface area contributed by atoms with Crippen LogP contribution in [0.1, 0.15) is 75.6 Å². The zero-order valence-corrected chi connectivity index (χ0v) is 34.1. The van der Waals surface area contributed by atoms with Gasteiger partial charge in [0.05, 0.1) is 47.8 Å². The molecule has 49 heavy (non-hydrogen) atoms. The number of halogens is 1. The Hall–Kier alpha value is -3.23. The van der Waals surface area contributed by atoms with Gasteiger partial charge in [0.25, 0.3) is 0 Å². The van der Waals surface area contributed by atoms with E-state index in [4.69, 9.17) is 33.2 Å². The monoisotopic (exact) mass is 806 g/mol. The Balaban J connectivity index is 0. The zero-order chi connectivity index (χ0) is 37.9. The third-order valence-electron chi connectivity index (χ3n) is 6.36. The minimum absolute atomic E-state index is 0.0100. The Bertz CT molecular complexity index is 1240. The minimum Gasteiger partial charge on any atom is -0.500 e. The van der Waals surface area contributed by atoms with Crippen molar-refractivity contribution < 1.29 is 52.2 Å². The molecular formula is C37H59IO11. The summed E-state index contributed by atoms with van der Waals surface area (Å²) in [4.78, 5) is 25.2. The summed E-state index contributed by atoms with van der Waals surface area (Å²) in [5.74, 6) is 2.49. The van der Waals surface area contributed by atoms with E-state index in [9.17, 15) is 9.59 Å².